The van der Waals surface area contributed by atoms with Gasteiger partial charge in [0.15, 0.2) is 5.76 Å². The molecule has 2 rings (SSSR count). The van der Waals surface area contributed by atoms with Crippen LogP contribution in [0.2, 0.25) is 0 Å². The zero-order valence-corrected chi connectivity index (χ0v) is 14.1. The molecule has 0 unspecified atom stereocenters. The molecule has 1 aliphatic rings. The first kappa shape index (κ1) is 16.6. The van der Waals surface area contributed by atoms with E-state index in [1.165, 1.54) is 25.8 Å². The molecule has 2 heterocycles. The lowest BCUT2D eigenvalue weighted by molar-refractivity contribution is -0.673. The fraction of sp³-hybridized carbons (Fsp3) is 0.778. The van der Waals surface area contributed by atoms with Crippen molar-refractivity contribution in [2.45, 2.75) is 59.1 Å². The van der Waals surface area contributed by atoms with Gasteiger partial charge in [0.2, 0.25) is 0 Å². The van der Waals surface area contributed by atoms with Gasteiger partial charge in [-0.15, -0.1) is 0 Å². The van der Waals surface area contributed by atoms with Gasteiger partial charge >= 0.3 is 0 Å². The minimum Gasteiger partial charge on any atom is -0.463 e. The van der Waals surface area contributed by atoms with Crippen molar-refractivity contribution >= 4 is 0 Å². The summed E-state index contributed by atoms with van der Waals surface area (Å²) in [6.45, 7) is 12.3. The van der Waals surface area contributed by atoms with Crippen molar-refractivity contribution in [1.29, 1.82) is 0 Å². The van der Waals surface area contributed by atoms with Crippen LogP contribution in [0.15, 0.2) is 22.8 Å². The van der Waals surface area contributed by atoms with Crippen LogP contribution in [0.3, 0.4) is 0 Å². The normalized spacial score (nSPS) is 23.4. The number of hydrogen-bond acceptors (Lipinski definition) is 2. The Kier molecular flexibility index (Phi) is 5.88. The molecule has 1 aromatic rings. The van der Waals surface area contributed by atoms with Gasteiger partial charge in [-0.05, 0) is 63.0 Å². The molecule has 2 atom stereocenters. The Balaban J connectivity index is 1.78. The quantitative estimate of drug-likeness (QED) is 0.784. The third-order valence-electron chi connectivity index (χ3n) is 4.83. The molecule has 120 valence electrons. The molecule has 0 bridgehead atoms. The maximum atomic E-state index is 5.88. The Morgan fingerprint density at radius 1 is 1.38 bits per heavy atom. The van der Waals surface area contributed by atoms with E-state index in [2.05, 4.69) is 39.1 Å². The highest BCUT2D eigenvalue weighted by atomic mass is 16.5. The number of nitrogens with two attached hydrogens (primary N) is 1. The molecule has 0 saturated carbocycles. The Morgan fingerprint density at radius 2 is 2.19 bits per heavy atom. The maximum Gasteiger partial charge on any atom is 0.157 e. The summed E-state index contributed by atoms with van der Waals surface area (Å²) in [5.41, 5.74) is 0.0634. The number of quaternary nitrogens is 1. The Morgan fingerprint density at radius 3 is 2.81 bits per heavy atom. The standard InChI is InChI=1S/C18H31NO2/c1-14(2)17(15-8-11-21-18(3,4)12-15)7-9-19-13-16-6-5-10-20-16/h5-6,10,14-15,17,19H,7-9,11-13H2,1-4H3/p+1/t15-,17-/m0/s1. The number of hydrogen-bond donors (Lipinski definition) is 1. The monoisotopic (exact) mass is 294 g/mol. The third kappa shape index (κ3) is 5.15. The predicted octanol–water partition coefficient (Wildman–Crippen LogP) is 3.21. The molecular formula is C18H32NO2+. The van der Waals surface area contributed by atoms with Crippen molar-refractivity contribution in [1.82, 2.24) is 0 Å². The molecule has 0 radical (unpaired) electrons. The van der Waals surface area contributed by atoms with Gasteiger partial charge in [0.05, 0.1) is 18.4 Å². The average Bonchev–Trinajstić information content (AvgIpc) is 2.90. The molecule has 1 saturated heterocycles. The van der Waals surface area contributed by atoms with E-state index >= 15 is 0 Å². The SMILES string of the molecule is CC(C)[C@H](CC[NH2+]Cc1ccco1)[C@H]1CCOC(C)(C)C1. The molecule has 3 nitrogen and oxygen atoms in total. The van der Waals surface area contributed by atoms with Gasteiger partial charge in [0.25, 0.3) is 0 Å². The van der Waals surface area contributed by atoms with Crippen molar-refractivity contribution in [3.8, 4) is 0 Å². The van der Waals surface area contributed by atoms with E-state index in [4.69, 9.17) is 9.15 Å². The molecule has 3 heteroatoms. The summed E-state index contributed by atoms with van der Waals surface area (Å²) in [5, 5.41) is 2.37. The molecule has 21 heavy (non-hydrogen) atoms. The first-order valence-electron chi connectivity index (χ1n) is 8.46. The second-order valence-corrected chi connectivity index (χ2v) is 7.42. The van der Waals surface area contributed by atoms with Crippen LogP contribution in [-0.4, -0.2) is 18.8 Å². The van der Waals surface area contributed by atoms with E-state index in [-0.39, 0.29) is 5.60 Å². The minimum absolute atomic E-state index is 0.0634. The average molecular weight is 294 g/mol. The third-order valence-corrected chi connectivity index (χ3v) is 4.83. The van der Waals surface area contributed by atoms with Gasteiger partial charge in [-0.1, -0.05) is 13.8 Å². The number of ether oxygens (including phenoxy) is 1. The second kappa shape index (κ2) is 7.46. The first-order chi connectivity index (χ1) is 9.98. The zero-order valence-electron chi connectivity index (χ0n) is 14.1. The summed E-state index contributed by atoms with van der Waals surface area (Å²) in [5.74, 6) is 3.44. The molecule has 1 aromatic heterocycles. The smallest absolute Gasteiger partial charge is 0.157 e. The number of rotatable bonds is 7. The second-order valence-electron chi connectivity index (χ2n) is 7.42. The van der Waals surface area contributed by atoms with E-state index in [0.29, 0.717) is 0 Å². The molecule has 1 fully saturated rings. The van der Waals surface area contributed by atoms with Gasteiger partial charge in [-0.2, -0.15) is 0 Å². The molecule has 0 spiro atoms. The zero-order chi connectivity index (χ0) is 15.3. The van der Waals surface area contributed by atoms with Crippen molar-refractivity contribution < 1.29 is 14.5 Å². The fourth-order valence-corrected chi connectivity index (χ4v) is 3.74. The molecule has 0 amide bonds. The lowest BCUT2D eigenvalue weighted by atomic mass is 9.73. The van der Waals surface area contributed by atoms with Crippen molar-refractivity contribution in [3.05, 3.63) is 24.2 Å². The summed E-state index contributed by atoms with van der Waals surface area (Å²) in [6, 6.07) is 4.02. The Hall–Kier alpha value is -0.800. The lowest BCUT2D eigenvalue weighted by Crippen LogP contribution is -2.82. The van der Waals surface area contributed by atoms with Crippen LogP contribution in [0.4, 0.5) is 0 Å². The Labute approximate surface area is 129 Å². The molecule has 1 aliphatic heterocycles. The largest absolute Gasteiger partial charge is 0.463 e. The highest BCUT2D eigenvalue weighted by molar-refractivity contribution is 4.95. The van der Waals surface area contributed by atoms with Crippen LogP contribution < -0.4 is 5.32 Å². The van der Waals surface area contributed by atoms with Crippen LogP contribution in [0.1, 0.15) is 52.7 Å². The summed E-state index contributed by atoms with van der Waals surface area (Å²) >= 11 is 0. The van der Waals surface area contributed by atoms with Crippen molar-refractivity contribution in [3.63, 3.8) is 0 Å². The summed E-state index contributed by atoms with van der Waals surface area (Å²) in [4.78, 5) is 0. The molecule has 0 aromatic carbocycles. The van der Waals surface area contributed by atoms with Crippen LogP contribution in [0.5, 0.6) is 0 Å². The Bertz CT molecular complexity index is 397. The first-order valence-corrected chi connectivity index (χ1v) is 8.46. The summed E-state index contributed by atoms with van der Waals surface area (Å²) in [6.07, 6.45) is 5.47. The fourth-order valence-electron chi connectivity index (χ4n) is 3.74. The summed E-state index contributed by atoms with van der Waals surface area (Å²) < 4.78 is 11.3. The van der Waals surface area contributed by atoms with E-state index in [1.807, 2.05) is 6.07 Å². The summed E-state index contributed by atoms with van der Waals surface area (Å²) in [7, 11) is 0. The molecule has 0 aliphatic carbocycles. The molecular weight excluding hydrogens is 262 g/mol. The highest BCUT2D eigenvalue weighted by Crippen LogP contribution is 2.37. The van der Waals surface area contributed by atoms with Gasteiger partial charge < -0.3 is 14.5 Å². The van der Waals surface area contributed by atoms with Gasteiger partial charge in [-0.3, -0.25) is 0 Å². The van der Waals surface area contributed by atoms with Crippen LogP contribution in [-0.2, 0) is 11.3 Å². The maximum absolute atomic E-state index is 5.88. The van der Waals surface area contributed by atoms with Crippen molar-refractivity contribution in [2.24, 2.45) is 17.8 Å². The van der Waals surface area contributed by atoms with Crippen LogP contribution in [0, 0.1) is 17.8 Å². The van der Waals surface area contributed by atoms with Crippen LogP contribution in [0.25, 0.3) is 0 Å². The highest BCUT2D eigenvalue weighted by Gasteiger charge is 2.34. The van der Waals surface area contributed by atoms with E-state index in [9.17, 15) is 0 Å². The molecule has 2 N–H and O–H groups in total. The van der Waals surface area contributed by atoms with E-state index < -0.39 is 0 Å². The lowest BCUT2D eigenvalue weighted by Gasteiger charge is -2.40. The number of furan rings is 1. The van der Waals surface area contributed by atoms with Gasteiger partial charge in [-0.25, -0.2) is 0 Å². The van der Waals surface area contributed by atoms with E-state index in [0.717, 1.165) is 36.7 Å². The predicted molar refractivity (Wildman–Crippen MR) is 84.9 cm³/mol. The van der Waals surface area contributed by atoms with E-state index in [1.54, 1.807) is 6.26 Å². The minimum atomic E-state index is 0.0634. The van der Waals surface area contributed by atoms with Gasteiger partial charge in [0, 0.05) is 6.61 Å². The van der Waals surface area contributed by atoms with Crippen molar-refractivity contribution in [2.75, 3.05) is 13.2 Å². The van der Waals surface area contributed by atoms with Crippen LogP contribution >= 0.6 is 0 Å². The van der Waals surface area contributed by atoms with Gasteiger partial charge in [0.1, 0.15) is 6.54 Å². The topological polar surface area (TPSA) is 39.0 Å².